The molecule has 0 atom stereocenters. The summed E-state index contributed by atoms with van der Waals surface area (Å²) in [6.07, 6.45) is 0.0129. The molecule has 0 fully saturated rings. The van der Waals surface area contributed by atoms with E-state index in [2.05, 4.69) is 9.72 Å². The number of methoxy groups -OCH3 is 2. The second kappa shape index (κ2) is 6.43. The van der Waals surface area contributed by atoms with Crippen LogP contribution in [0.5, 0.6) is 0 Å². The molecule has 0 aliphatic carbocycles. The molecule has 0 saturated heterocycles. The van der Waals surface area contributed by atoms with E-state index in [0.29, 0.717) is 22.3 Å². The average molecular weight is 303 g/mol. The first kappa shape index (κ1) is 15.8. The number of hydrogen-bond acceptors (Lipinski definition) is 5. The van der Waals surface area contributed by atoms with Crippen molar-refractivity contribution in [3.8, 4) is 0 Å². The first-order chi connectivity index (χ1) is 10.5. The number of aromatic amines is 1. The molecule has 6 heteroatoms. The van der Waals surface area contributed by atoms with E-state index in [1.807, 2.05) is 0 Å². The number of nitrogens with one attached hydrogen (secondary N) is 1. The normalized spacial score (nSPS) is 10.5. The maximum Gasteiger partial charge on any atom is 0.311 e. The maximum absolute atomic E-state index is 11.7. The Kier molecular flexibility index (Phi) is 4.60. The second-order valence-corrected chi connectivity index (χ2v) is 4.87. The molecule has 116 valence electrons. The summed E-state index contributed by atoms with van der Waals surface area (Å²) < 4.78 is 9.37. The van der Waals surface area contributed by atoms with Crippen LogP contribution < -0.4 is 0 Å². The highest BCUT2D eigenvalue weighted by atomic mass is 16.5. The molecule has 1 N–H and O–H groups in total. The van der Waals surface area contributed by atoms with E-state index in [1.54, 1.807) is 18.2 Å². The monoisotopic (exact) mass is 303 g/mol. The van der Waals surface area contributed by atoms with Gasteiger partial charge in [-0.3, -0.25) is 14.4 Å². The fourth-order valence-corrected chi connectivity index (χ4v) is 2.41. The van der Waals surface area contributed by atoms with Crippen molar-refractivity contribution < 1.29 is 23.9 Å². The van der Waals surface area contributed by atoms with Gasteiger partial charge in [0.2, 0.25) is 0 Å². The molecule has 22 heavy (non-hydrogen) atoms. The van der Waals surface area contributed by atoms with Crippen LogP contribution in [0.2, 0.25) is 0 Å². The van der Waals surface area contributed by atoms with Crippen molar-refractivity contribution in [1.82, 2.24) is 4.98 Å². The number of para-hydroxylation sites is 1. The van der Waals surface area contributed by atoms with E-state index >= 15 is 0 Å². The van der Waals surface area contributed by atoms with Crippen molar-refractivity contribution in [2.24, 2.45) is 0 Å². The van der Waals surface area contributed by atoms with Crippen molar-refractivity contribution in [3.63, 3.8) is 0 Å². The van der Waals surface area contributed by atoms with E-state index < -0.39 is 11.9 Å². The molecular formula is C16H17NO5. The molecule has 1 aromatic carbocycles. The number of ketones is 1. The molecule has 0 amide bonds. The Morgan fingerprint density at radius 1 is 1.05 bits per heavy atom. The number of fused-ring (bicyclic) bond motifs is 1. The Morgan fingerprint density at radius 3 is 2.27 bits per heavy atom. The Labute approximate surface area is 127 Å². The zero-order valence-electron chi connectivity index (χ0n) is 12.7. The van der Waals surface area contributed by atoms with Crippen molar-refractivity contribution >= 4 is 28.6 Å². The van der Waals surface area contributed by atoms with Gasteiger partial charge in [-0.25, -0.2) is 0 Å². The van der Waals surface area contributed by atoms with Gasteiger partial charge in [-0.15, -0.1) is 0 Å². The van der Waals surface area contributed by atoms with E-state index in [0.717, 1.165) is 5.39 Å². The number of aromatic nitrogens is 1. The van der Waals surface area contributed by atoms with E-state index in [-0.39, 0.29) is 18.6 Å². The number of ether oxygens (including phenoxy) is 2. The average Bonchev–Trinajstić information content (AvgIpc) is 2.84. The fourth-order valence-electron chi connectivity index (χ4n) is 2.41. The molecule has 6 nitrogen and oxygen atoms in total. The van der Waals surface area contributed by atoms with Gasteiger partial charge >= 0.3 is 11.9 Å². The SMILES string of the molecule is COC(=O)Cc1[nH]c2c(C(C)=O)cccc2c1CC(=O)OC. The summed E-state index contributed by atoms with van der Waals surface area (Å²) in [6, 6.07) is 5.25. The summed E-state index contributed by atoms with van der Waals surface area (Å²) >= 11 is 0. The van der Waals surface area contributed by atoms with Crippen molar-refractivity contribution in [3.05, 3.63) is 35.0 Å². The largest absolute Gasteiger partial charge is 0.469 e. The zero-order chi connectivity index (χ0) is 16.3. The molecule has 0 spiro atoms. The van der Waals surface area contributed by atoms with Gasteiger partial charge in [-0.2, -0.15) is 0 Å². The van der Waals surface area contributed by atoms with E-state index in [9.17, 15) is 14.4 Å². The second-order valence-electron chi connectivity index (χ2n) is 4.87. The van der Waals surface area contributed by atoms with Gasteiger partial charge in [-0.05, 0) is 18.6 Å². The van der Waals surface area contributed by atoms with Crippen molar-refractivity contribution in [2.45, 2.75) is 19.8 Å². The Bertz CT molecular complexity index is 744. The standard InChI is InChI=1S/C16H17NO5/c1-9(18)10-5-4-6-11-12(7-14(19)21-2)13(17-16(10)11)8-15(20)22-3/h4-6,17H,7-8H2,1-3H3. The number of carbonyl (C=O) groups is 3. The predicted molar refractivity (Wildman–Crippen MR) is 79.7 cm³/mol. The Balaban J connectivity index is 2.62. The fraction of sp³-hybridized carbons (Fsp3) is 0.312. The molecule has 0 saturated carbocycles. The third kappa shape index (κ3) is 3.00. The number of Topliss-reactive ketones (excluding diaryl/α,β-unsaturated/α-hetero) is 1. The first-order valence-electron chi connectivity index (χ1n) is 6.75. The summed E-state index contributed by atoms with van der Waals surface area (Å²) in [4.78, 5) is 38.0. The molecule has 2 rings (SSSR count). The number of hydrogen-bond donors (Lipinski definition) is 1. The minimum absolute atomic E-state index is 0.00511. The number of rotatable bonds is 5. The van der Waals surface area contributed by atoms with Gasteiger partial charge in [0.15, 0.2) is 5.78 Å². The molecule has 0 bridgehead atoms. The van der Waals surface area contributed by atoms with Crippen LogP contribution in [0.3, 0.4) is 0 Å². The van der Waals surface area contributed by atoms with Crippen molar-refractivity contribution in [2.75, 3.05) is 14.2 Å². The third-order valence-electron chi connectivity index (χ3n) is 3.51. The summed E-state index contributed by atoms with van der Waals surface area (Å²) in [6.45, 7) is 1.47. The molecule has 1 aromatic heterocycles. The molecule has 0 unspecified atom stereocenters. The summed E-state index contributed by atoms with van der Waals surface area (Å²) in [5, 5.41) is 0.733. The highest BCUT2D eigenvalue weighted by Crippen LogP contribution is 2.27. The highest BCUT2D eigenvalue weighted by Gasteiger charge is 2.20. The van der Waals surface area contributed by atoms with Gasteiger partial charge in [0.05, 0.1) is 32.6 Å². The molecule has 1 heterocycles. The van der Waals surface area contributed by atoms with Crippen LogP contribution in [-0.2, 0) is 31.9 Å². The number of esters is 2. The van der Waals surface area contributed by atoms with Crippen LogP contribution >= 0.6 is 0 Å². The lowest BCUT2D eigenvalue weighted by Gasteiger charge is -2.03. The lowest BCUT2D eigenvalue weighted by Crippen LogP contribution is -2.10. The van der Waals surface area contributed by atoms with Crippen LogP contribution in [0.4, 0.5) is 0 Å². The lowest BCUT2D eigenvalue weighted by molar-refractivity contribution is -0.141. The summed E-state index contributed by atoms with van der Waals surface area (Å²) in [5.41, 5.74) is 2.34. The predicted octanol–water partition coefficient (Wildman–Crippen LogP) is 1.80. The zero-order valence-corrected chi connectivity index (χ0v) is 12.7. The molecule has 0 aliphatic heterocycles. The molecular weight excluding hydrogens is 286 g/mol. The van der Waals surface area contributed by atoms with Gasteiger partial charge in [-0.1, -0.05) is 12.1 Å². The quantitative estimate of drug-likeness (QED) is 0.672. The molecule has 0 aliphatic rings. The Hall–Kier alpha value is -2.63. The maximum atomic E-state index is 11.7. The Morgan fingerprint density at radius 2 is 1.68 bits per heavy atom. The van der Waals surface area contributed by atoms with Crippen LogP contribution in [0.15, 0.2) is 18.2 Å². The summed E-state index contributed by atoms with van der Waals surface area (Å²) in [5.74, 6) is -0.941. The summed E-state index contributed by atoms with van der Waals surface area (Å²) in [7, 11) is 2.60. The van der Waals surface area contributed by atoms with E-state index in [1.165, 1.54) is 21.1 Å². The molecule has 2 aromatic rings. The van der Waals surface area contributed by atoms with E-state index in [4.69, 9.17) is 4.74 Å². The van der Waals surface area contributed by atoms with Crippen LogP contribution in [-0.4, -0.2) is 36.9 Å². The minimum atomic E-state index is -0.429. The van der Waals surface area contributed by atoms with Crippen LogP contribution in [0.1, 0.15) is 28.5 Å². The van der Waals surface area contributed by atoms with Gasteiger partial charge in [0, 0.05) is 16.6 Å². The first-order valence-corrected chi connectivity index (χ1v) is 6.75. The molecule has 0 radical (unpaired) electrons. The number of benzene rings is 1. The lowest BCUT2D eigenvalue weighted by atomic mass is 10.0. The highest BCUT2D eigenvalue weighted by molar-refractivity contribution is 6.07. The van der Waals surface area contributed by atoms with Gasteiger partial charge in [0.1, 0.15) is 0 Å². The topological polar surface area (TPSA) is 85.5 Å². The minimum Gasteiger partial charge on any atom is -0.469 e. The third-order valence-corrected chi connectivity index (χ3v) is 3.51. The van der Waals surface area contributed by atoms with Gasteiger partial charge < -0.3 is 14.5 Å². The van der Waals surface area contributed by atoms with Crippen molar-refractivity contribution in [1.29, 1.82) is 0 Å². The smallest absolute Gasteiger partial charge is 0.311 e. The number of H-pyrrole nitrogens is 1. The number of carbonyl (C=O) groups excluding carboxylic acids is 3. The van der Waals surface area contributed by atoms with Gasteiger partial charge in [0.25, 0.3) is 0 Å². The van der Waals surface area contributed by atoms with Crippen LogP contribution in [0, 0.1) is 0 Å². The van der Waals surface area contributed by atoms with Crippen LogP contribution in [0.25, 0.3) is 10.9 Å².